The summed E-state index contributed by atoms with van der Waals surface area (Å²) in [6.07, 6.45) is -0.128. The Bertz CT molecular complexity index is 224. The molecule has 5 nitrogen and oxygen atoms in total. The van der Waals surface area contributed by atoms with Crippen molar-refractivity contribution in [2.75, 3.05) is 26.4 Å². The second-order valence-electron chi connectivity index (χ2n) is 2.83. The predicted octanol–water partition coefficient (Wildman–Crippen LogP) is -0.880. The van der Waals surface area contributed by atoms with Crippen molar-refractivity contribution in [1.29, 1.82) is 5.26 Å². The Kier molecular flexibility index (Phi) is 3.68. The van der Waals surface area contributed by atoms with Crippen LogP contribution < -0.4 is 0 Å². The van der Waals surface area contributed by atoms with Gasteiger partial charge in [-0.15, -0.1) is 0 Å². The number of nitrogens with zero attached hydrogens (tertiary/aromatic N) is 2. The number of carbonyl (C=O) groups is 1. The zero-order valence-electron chi connectivity index (χ0n) is 7.27. The molecule has 72 valence electrons. The number of morpholine rings is 1. The number of hydrogen-bond acceptors (Lipinski definition) is 4. The van der Waals surface area contributed by atoms with E-state index < -0.39 is 0 Å². The highest BCUT2D eigenvalue weighted by molar-refractivity contribution is 5.78. The highest BCUT2D eigenvalue weighted by atomic mass is 16.5. The van der Waals surface area contributed by atoms with Crippen LogP contribution in [0.3, 0.4) is 0 Å². The van der Waals surface area contributed by atoms with E-state index in [1.807, 2.05) is 0 Å². The molecule has 0 bridgehead atoms. The van der Waals surface area contributed by atoms with Gasteiger partial charge in [-0.25, -0.2) is 0 Å². The van der Waals surface area contributed by atoms with Gasteiger partial charge in [-0.3, -0.25) is 4.79 Å². The Morgan fingerprint density at radius 1 is 1.77 bits per heavy atom. The third-order valence-corrected chi connectivity index (χ3v) is 1.99. The number of hydrogen-bond donors (Lipinski definition) is 1. The fourth-order valence-corrected chi connectivity index (χ4v) is 1.30. The number of nitriles is 1. The first-order valence-electron chi connectivity index (χ1n) is 4.14. The van der Waals surface area contributed by atoms with Crippen molar-refractivity contribution in [1.82, 2.24) is 4.90 Å². The van der Waals surface area contributed by atoms with Gasteiger partial charge in [0, 0.05) is 6.54 Å². The lowest BCUT2D eigenvalue weighted by Gasteiger charge is -2.33. The molecule has 5 heteroatoms. The molecular formula is C8H12N2O3. The molecule has 1 aliphatic heterocycles. The highest BCUT2D eigenvalue weighted by Gasteiger charge is 2.25. The van der Waals surface area contributed by atoms with Crippen LogP contribution in [0.2, 0.25) is 0 Å². The summed E-state index contributed by atoms with van der Waals surface area (Å²) in [4.78, 5) is 12.8. The second-order valence-corrected chi connectivity index (χ2v) is 2.83. The van der Waals surface area contributed by atoms with Crippen LogP contribution in [-0.4, -0.2) is 48.3 Å². The molecule has 1 fully saturated rings. The molecule has 0 aromatic carbocycles. The number of ether oxygens (including phenoxy) is 1. The summed E-state index contributed by atoms with van der Waals surface area (Å²) >= 11 is 0. The minimum Gasteiger partial charge on any atom is -0.394 e. The van der Waals surface area contributed by atoms with Crippen molar-refractivity contribution in [2.45, 2.75) is 12.5 Å². The second kappa shape index (κ2) is 4.80. The SMILES string of the molecule is N#CCC(=O)N1CCOCC1CO. The number of aliphatic hydroxyl groups excluding tert-OH is 1. The topological polar surface area (TPSA) is 73.6 Å². The molecule has 1 unspecified atom stereocenters. The number of amides is 1. The molecule has 1 atom stereocenters. The Labute approximate surface area is 76.5 Å². The monoisotopic (exact) mass is 184 g/mol. The molecule has 0 aliphatic carbocycles. The van der Waals surface area contributed by atoms with Crippen LogP contribution in [0, 0.1) is 11.3 Å². The zero-order valence-corrected chi connectivity index (χ0v) is 7.27. The van der Waals surface area contributed by atoms with Crippen molar-refractivity contribution in [3.05, 3.63) is 0 Å². The quantitative estimate of drug-likeness (QED) is 0.604. The first-order valence-corrected chi connectivity index (χ1v) is 4.14. The lowest BCUT2D eigenvalue weighted by Crippen LogP contribution is -2.50. The Morgan fingerprint density at radius 2 is 2.54 bits per heavy atom. The molecule has 0 radical (unpaired) electrons. The van der Waals surface area contributed by atoms with E-state index in [9.17, 15) is 4.79 Å². The van der Waals surface area contributed by atoms with Crippen LogP contribution >= 0.6 is 0 Å². The van der Waals surface area contributed by atoms with Crippen LogP contribution in [0.5, 0.6) is 0 Å². The standard InChI is InChI=1S/C8H12N2O3/c9-2-1-8(12)10-3-4-13-6-7(10)5-11/h7,11H,1,3-6H2. The van der Waals surface area contributed by atoms with Crippen LogP contribution in [0.4, 0.5) is 0 Å². The average Bonchev–Trinajstić information content (AvgIpc) is 2.18. The van der Waals surface area contributed by atoms with Gasteiger partial charge in [-0.05, 0) is 0 Å². The van der Waals surface area contributed by atoms with E-state index in [1.165, 1.54) is 4.90 Å². The summed E-state index contributed by atoms with van der Waals surface area (Å²) in [6.45, 7) is 1.18. The Balaban J connectivity index is 2.54. The molecule has 1 heterocycles. The van der Waals surface area contributed by atoms with Gasteiger partial charge in [0.2, 0.25) is 5.91 Å². The molecule has 1 rings (SSSR count). The van der Waals surface area contributed by atoms with E-state index in [0.717, 1.165) is 0 Å². The van der Waals surface area contributed by atoms with E-state index in [1.54, 1.807) is 6.07 Å². The van der Waals surface area contributed by atoms with E-state index in [2.05, 4.69) is 0 Å². The van der Waals surface area contributed by atoms with Gasteiger partial charge in [0.25, 0.3) is 0 Å². The summed E-state index contributed by atoms with van der Waals surface area (Å²) in [5.41, 5.74) is 0. The lowest BCUT2D eigenvalue weighted by atomic mass is 10.2. The maximum absolute atomic E-state index is 11.3. The van der Waals surface area contributed by atoms with Gasteiger partial charge < -0.3 is 14.7 Å². The summed E-state index contributed by atoms with van der Waals surface area (Å²) in [7, 11) is 0. The number of carbonyl (C=O) groups excluding carboxylic acids is 1. The van der Waals surface area contributed by atoms with Gasteiger partial charge in [0.1, 0.15) is 6.42 Å². The van der Waals surface area contributed by atoms with Crippen molar-refractivity contribution < 1.29 is 14.6 Å². The Hall–Kier alpha value is -1.12. The smallest absolute Gasteiger partial charge is 0.237 e. The molecule has 0 spiro atoms. The van der Waals surface area contributed by atoms with Gasteiger partial charge in [0.15, 0.2) is 0 Å². The molecule has 1 amide bonds. The van der Waals surface area contributed by atoms with E-state index >= 15 is 0 Å². The molecular weight excluding hydrogens is 172 g/mol. The molecule has 0 aromatic rings. The zero-order chi connectivity index (χ0) is 9.68. The fourth-order valence-electron chi connectivity index (χ4n) is 1.30. The molecule has 13 heavy (non-hydrogen) atoms. The Morgan fingerprint density at radius 3 is 3.15 bits per heavy atom. The predicted molar refractivity (Wildman–Crippen MR) is 43.6 cm³/mol. The molecule has 1 saturated heterocycles. The molecule has 0 saturated carbocycles. The van der Waals surface area contributed by atoms with Crippen molar-refractivity contribution in [2.24, 2.45) is 0 Å². The molecule has 1 aliphatic rings. The van der Waals surface area contributed by atoms with Gasteiger partial charge in [-0.1, -0.05) is 0 Å². The van der Waals surface area contributed by atoms with Crippen molar-refractivity contribution in [3.63, 3.8) is 0 Å². The van der Waals surface area contributed by atoms with Gasteiger partial charge >= 0.3 is 0 Å². The minimum absolute atomic E-state index is 0.114. The molecule has 0 aromatic heterocycles. The summed E-state index contributed by atoms with van der Waals surface area (Å²) in [6, 6.07) is 1.51. The summed E-state index contributed by atoms with van der Waals surface area (Å²) < 4.78 is 5.09. The minimum atomic E-state index is -0.283. The number of rotatable bonds is 2. The van der Waals surface area contributed by atoms with Crippen LogP contribution in [0.1, 0.15) is 6.42 Å². The average molecular weight is 184 g/mol. The van der Waals surface area contributed by atoms with Crippen molar-refractivity contribution >= 4 is 5.91 Å². The largest absolute Gasteiger partial charge is 0.394 e. The molecule has 1 N–H and O–H groups in total. The van der Waals surface area contributed by atoms with E-state index in [4.69, 9.17) is 15.1 Å². The highest BCUT2D eigenvalue weighted by Crippen LogP contribution is 2.07. The number of aliphatic hydroxyl groups is 1. The maximum Gasteiger partial charge on any atom is 0.237 e. The van der Waals surface area contributed by atoms with E-state index in [-0.39, 0.29) is 25.0 Å². The normalized spacial score (nSPS) is 22.5. The first kappa shape index (κ1) is 9.96. The summed E-state index contributed by atoms with van der Waals surface area (Å²) in [5.74, 6) is -0.232. The third kappa shape index (κ3) is 2.41. The lowest BCUT2D eigenvalue weighted by molar-refractivity contribution is -0.140. The van der Waals surface area contributed by atoms with Crippen LogP contribution in [0.15, 0.2) is 0 Å². The fraction of sp³-hybridized carbons (Fsp3) is 0.750. The van der Waals surface area contributed by atoms with Gasteiger partial charge in [0.05, 0.1) is 31.9 Å². The van der Waals surface area contributed by atoms with Crippen LogP contribution in [-0.2, 0) is 9.53 Å². The van der Waals surface area contributed by atoms with E-state index in [0.29, 0.717) is 19.8 Å². The summed E-state index contributed by atoms with van der Waals surface area (Å²) in [5, 5.41) is 17.3. The third-order valence-electron chi connectivity index (χ3n) is 1.99. The van der Waals surface area contributed by atoms with Crippen molar-refractivity contribution in [3.8, 4) is 6.07 Å². The van der Waals surface area contributed by atoms with Crippen LogP contribution in [0.25, 0.3) is 0 Å². The first-order chi connectivity index (χ1) is 6.29. The maximum atomic E-state index is 11.3. The van der Waals surface area contributed by atoms with Gasteiger partial charge in [-0.2, -0.15) is 5.26 Å².